The van der Waals surface area contributed by atoms with Gasteiger partial charge in [-0.25, -0.2) is 0 Å². The van der Waals surface area contributed by atoms with Gasteiger partial charge in [0, 0.05) is 12.4 Å². The number of hydrogen-bond acceptors (Lipinski definition) is 2. The summed E-state index contributed by atoms with van der Waals surface area (Å²) in [6, 6.07) is 2.27. The maximum absolute atomic E-state index is 4.29. The Morgan fingerprint density at radius 1 is 1.07 bits per heavy atom. The van der Waals surface area contributed by atoms with Crippen molar-refractivity contribution in [2.75, 3.05) is 12.9 Å². The molecule has 0 atom stereocenters. The summed E-state index contributed by atoms with van der Waals surface area (Å²) in [5, 5.41) is 0. The van der Waals surface area contributed by atoms with E-state index in [1.807, 2.05) is 0 Å². The Morgan fingerprint density at radius 2 is 1.53 bits per heavy atom. The summed E-state index contributed by atoms with van der Waals surface area (Å²) >= 11 is 4.29. The molecule has 0 saturated carbocycles. The Hall–Kier alpha value is -0.470. The van der Waals surface area contributed by atoms with Gasteiger partial charge in [-0.05, 0) is 62.6 Å². The number of nitrogens with zero attached hydrogens (tertiary/aromatic N) is 1. The van der Waals surface area contributed by atoms with E-state index in [0.717, 1.165) is 12.4 Å². The van der Waals surface area contributed by atoms with Crippen LogP contribution in [0.1, 0.15) is 27.8 Å². The van der Waals surface area contributed by atoms with Crippen molar-refractivity contribution in [3.05, 3.63) is 33.9 Å². The molecule has 84 valence electrons. The van der Waals surface area contributed by atoms with Gasteiger partial charge < -0.3 is 0 Å². The third-order valence-corrected chi connectivity index (χ3v) is 3.67. The number of thiol groups is 1. The summed E-state index contributed by atoms with van der Waals surface area (Å²) in [5.74, 6) is 0.797. The molecule has 0 fully saturated rings. The SMILES string of the molecule is Cc1cc(C)c(C)c(CN(C)CS)c1C. The lowest BCUT2D eigenvalue weighted by Gasteiger charge is -2.20. The zero-order valence-electron chi connectivity index (χ0n) is 10.4. The molecule has 0 amide bonds. The third-order valence-electron chi connectivity index (χ3n) is 3.19. The van der Waals surface area contributed by atoms with Gasteiger partial charge >= 0.3 is 0 Å². The van der Waals surface area contributed by atoms with Crippen LogP contribution in [0, 0.1) is 27.7 Å². The van der Waals surface area contributed by atoms with Crippen LogP contribution in [-0.2, 0) is 6.54 Å². The van der Waals surface area contributed by atoms with Crippen LogP contribution in [0.15, 0.2) is 6.07 Å². The average Bonchev–Trinajstić information content (AvgIpc) is 2.21. The Balaban J connectivity index is 3.15. The first-order valence-electron chi connectivity index (χ1n) is 5.33. The Kier molecular flexibility index (Phi) is 4.23. The highest BCUT2D eigenvalue weighted by molar-refractivity contribution is 7.80. The van der Waals surface area contributed by atoms with E-state index >= 15 is 0 Å². The van der Waals surface area contributed by atoms with Crippen molar-refractivity contribution < 1.29 is 0 Å². The van der Waals surface area contributed by atoms with Crippen molar-refractivity contribution >= 4 is 12.6 Å². The van der Waals surface area contributed by atoms with Crippen LogP contribution in [0.3, 0.4) is 0 Å². The lowest BCUT2D eigenvalue weighted by atomic mass is 9.94. The van der Waals surface area contributed by atoms with Crippen LogP contribution in [0.2, 0.25) is 0 Å². The molecule has 0 N–H and O–H groups in total. The topological polar surface area (TPSA) is 3.24 Å². The fourth-order valence-corrected chi connectivity index (χ4v) is 1.96. The highest BCUT2D eigenvalue weighted by Gasteiger charge is 2.09. The average molecular weight is 223 g/mol. The molecule has 0 unspecified atom stereocenters. The van der Waals surface area contributed by atoms with Crippen LogP contribution in [0.4, 0.5) is 0 Å². The minimum absolute atomic E-state index is 0.797. The second-order valence-corrected chi connectivity index (χ2v) is 4.68. The Morgan fingerprint density at radius 3 is 1.93 bits per heavy atom. The standard InChI is InChI=1S/C13H21NS/c1-9-6-10(2)12(4)13(11(9)3)7-14(5)8-15/h6,15H,7-8H2,1-5H3. The largest absolute Gasteiger partial charge is 0.293 e. The number of aryl methyl sites for hydroxylation is 2. The van der Waals surface area contributed by atoms with Gasteiger partial charge in [0.15, 0.2) is 0 Å². The smallest absolute Gasteiger partial charge is 0.0414 e. The minimum atomic E-state index is 0.797. The molecule has 0 heterocycles. The molecule has 15 heavy (non-hydrogen) atoms. The van der Waals surface area contributed by atoms with Gasteiger partial charge in [0.2, 0.25) is 0 Å². The minimum Gasteiger partial charge on any atom is -0.293 e. The maximum Gasteiger partial charge on any atom is 0.0414 e. The summed E-state index contributed by atoms with van der Waals surface area (Å²) in [5.41, 5.74) is 7.09. The van der Waals surface area contributed by atoms with E-state index < -0.39 is 0 Å². The first kappa shape index (κ1) is 12.6. The van der Waals surface area contributed by atoms with E-state index in [4.69, 9.17) is 0 Å². The van der Waals surface area contributed by atoms with Crippen molar-refractivity contribution in [2.24, 2.45) is 0 Å². The number of rotatable bonds is 3. The van der Waals surface area contributed by atoms with Crippen LogP contribution < -0.4 is 0 Å². The quantitative estimate of drug-likeness (QED) is 0.608. The highest BCUT2D eigenvalue weighted by atomic mass is 32.1. The maximum atomic E-state index is 4.29. The molecule has 0 aliphatic carbocycles. The Bertz CT molecular complexity index is 332. The molecule has 0 aliphatic heterocycles. The summed E-state index contributed by atoms with van der Waals surface area (Å²) in [4.78, 5) is 2.22. The molecular weight excluding hydrogens is 202 g/mol. The fourth-order valence-electron chi connectivity index (χ4n) is 1.86. The molecule has 1 aromatic rings. The van der Waals surface area contributed by atoms with E-state index in [9.17, 15) is 0 Å². The summed E-state index contributed by atoms with van der Waals surface area (Å²) < 4.78 is 0. The van der Waals surface area contributed by atoms with Crippen LogP contribution in [0.5, 0.6) is 0 Å². The normalized spacial score (nSPS) is 11.1. The van der Waals surface area contributed by atoms with Crippen molar-refractivity contribution in [1.82, 2.24) is 4.90 Å². The first-order chi connectivity index (χ1) is 6.97. The van der Waals surface area contributed by atoms with E-state index in [1.54, 1.807) is 0 Å². The van der Waals surface area contributed by atoms with Crippen LogP contribution >= 0.6 is 12.6 Å². The van der Waals surface area contributed by atoms with Gasteiger partial charge in [0.1, 0.15) is 0 Å². The van der Waals surface area contributed by atoms with E-state index in [1.165, 1.54) is 27.8 Å². The highest BCUT2D eigenvalue weighted by Crippen LogP contribution is 2.22. The molecular formula is C13H21NS. The summed E-state index contributed by atoms with van der Waals surface area (Å²) in [6.45, 7) is 9.79. The van der Waals surface area contributed by atoms with Crippen molar-refractivity contribution in [3.8, 4) is 0 Å². The van der Waals surface area contributed by atoms with Crippen LogP contribution in [-0.4, -0.2) is 17.8 Å². The van der Waals surface area contributed by atoms with Crippen molar-refractivity contribution in [2.45, 2.75) is 34.2 Å². The predicted molar refractivity (Wildman–Crippen MR) is 70.7 cm³/mol. The van der Waals surface area contributed by atoms with Gasteiger partial charge in [-0.15, -0.1) is 0 Å². The van der Waals surface area contributed by atoms with E-state index in [-0.39, 0.29) is 0 Å². The molecule has 1 aromatic carbocycles. The van der Waals surface area contributed by atoms with E-state index in [2.05, 4.69) is 58.3 Å². The second-order valence-electron chi connectivity index (χ2n) is 4.39. The monoisotopic (exact) mass is 223 g/mol. The predicted octanol–water partition coefficient (Wildman–Crippen LogP) is 3.24. The number of benzene rings is 1. The van der Waals surface area contributed by atoms with Gasteiger partial charge in [0.05, 0.1) is 0 Å². The molecule has 2 heteroatoms. The lowest BCUT2D eigenvalue weighted by molar-refractivity contribution is 0.385. The van der Waals surface area contributed by atoms with Gasteiger partial charge in [-0.1, -0.05) is 6.07 Å². The molecule has 0 spiro atoms. The summed E-state index contributed by atoms with van der Waals surface area (Å²) in [6.07, 6.45) is 0. The molecule has 0 aromatic heterocycles. The molecule has 0 radical (unpaired) electrons. The van der Waals surface area contributed by atoms with E-state index in [0.29, 0.717) is 0 Å². The zero-order valence-corrected chi connectivity index (χ0v) is 11.3. The lowest BCUT2D eigenvalue weighted by Crippen LogP contribution is -2.17. The fraction of sp³-hybridized carbons (Fsp3) is 0.538. The molecule has 0 aliphatic rings. The van der Waals surface area contributed by atoms with Gasteiger partial charge in [-0.2, -0.15) is 12.6 Å². The van der Waals surface area contributed by atoms with Crippen LogP contribution in [0.25, 0.3) is 0 Å². The molecule has 1 nitrogen and oxygen atoms in total. The molecule has 0 bridgehead atoms. The summed E-state index contributed by atoms with van der Waals surface area (Å²) in [7, 11) is 2.10. The third kappa shape index (κ3) is 2.76. The first-order valence-corrected chi connectivity index (χ1v) is 5.96. The van der Waals surface area contributed by atoms with Gasteiger partial charge in [0.25, 0.3) is 0 Å². The van der Waals surface area contributed by atoms with Crippen molar-refractivity contribution in [1.29, 1.82) is 0 Å². The molecule has 0 saturated heterocycles. The Labute approximate surface area is 98.9 Å². The van der Waals surface area contributed by atoms with Crippen molar-refractivity contribution in [3.63, 3.8) is 0 Å². The van der Waals surface area contributed by atoms with Gasteiger partial charge in [-0.3, -0.25) is 4.90 Å². The zero-order chi connectivity index (χ0) is 11.6. The second kappa shape index (κ2) is 5.04. The molecule has 1 rings (SSSR count). The number of hydrogen-bond donors (Lipinski definition) is 1.